The van der Waals surface area contributed by atoms with Crippen LogP contribution in [0, 0.1) is 0 Å². The lowest BCUT2D eigenvalue weighted by Crippen LogP contribution is -2.35. The highest BCUT2D eigenvalue weighted by Gasteiger charge is 2.40. The number of hydrogen-bond donors (Lipinski definition) is 0. The summed E-state index contributed by atoms with van der Waals surface area (Å²) >= 11 is 19.0. The topological polar surface area (TPSA) is 68.3 Å². The first kappa shape index (κ1) is 28.1. The number of methoxy groups -OCH3 is 2. The lowest BCUT2D eigenvalue weighted by atomic mass is 10.1. The fraction of sp³-hybridized carbons (Fsp3) is 0.148. The van der Waals surface area contributed by atoms with Crippen molar-refractivity contribution in [2.45, 2.75) is 6.61 Å². The van der Waals surface area contributed by atoms with Crippen LogP contribution in [-0.4, -0.2) is 42.7 Å². The number of nitrogens with zero attached hydrogens (tertiary/aromatic N) is 2. The second-order valence-corrected chi connectivity index (χ2v) is 10.5. The van der Waals surface area contributed by atoms with E-state index in [9.17, 15) is 9.59 Å². The number of carbonyl (C=O) groups excluding carboxylic acids is 2. The van der Waals surface area contributed by atoms with Crippen LogP contribution < -0.4 is 14.4 Å². The van der Waals surface area contributed by atoms with Gasteiger partial charge in [-0.15, -0.1) is 0 Å². The quantitative estimate of drug-likeness (QED) is 0.151. The number of esters is 1. The molecule has 1 amide bonds. The predicted molar refractivity (Wildman–Crippen MR) is 157 cm³/mol. The van der Waals surface area contributed by atoms with Gasteiger partial charge in [0, 0.05) is 10.6 Å². The van der Waals surface area contributed by atoms with Gasteiger partial charge in [0.25, 0.3) is 5.91 Å². The molecule has 1 aliphatic rings. The van der Waals surface area contributed by atoms with Crippen molar-refractivity contribution < 1.29 is 23.8 Å². The van der Waals surface area contributed by atoms with Crippen LogP contribution in [0.4, 0.5) is 5.69 Å². The molecule has 0 atom stereocenters. The first-order chi connectivity index (χ1) is 18.2. The van der Waals surface area contributed by atoms with E-state index in [2.05, 4.69) is 31.9 Å². The molecule has 0 saturated carbocycles. The molecule has 0 bridgehead atoms. The number of benzene rings is 3. The van der Waals surface area contributed by atoms with Gasteiger partial charge in [-0.3, -0.25) is 14.5 Å². The van der Waals surface area contributed by atoms with E-state index in [0.717, 1.165) is 5.56 Å². The molecular formula is C27H21Br2ClN2O5S. The maximum atomic E-state index is 13.6. The predicted octanol–water partition coefficient (Wildman–Crippen LogP) is 6.60. The molecule has 0 aliphatic carbocycles. The van der Waals surface area contributed by atoms with Gasteiger partial charge < -0.3 is 19.1 Å². The van der Waals surface area contributed by atoms with Crippen molar-refractivity contribution in [3.63, 3.8) is 0 Å². The standard InChI is InChI=1S/C27H21Br2ClN2O5S/c1-35-19-9-7-18(8-10-19)32-26(34)23(31(27(32)38)14-24(33)36-2)13-16-11-20(28)25(21(29)12-16)37-15-17-5-3-4-6-22(17)30/h3-13H,14-15H2,1-2H3/b23-13-. The fourth-order valence-corrected chi connectivity index (χ4v) is 5.70. The minimum atomic E-state index is -0.534. The normalized spacial score (nSPS) is 14.3. The van der Waals surface area contributed by atoms with E-state index in [4.69, 9.17) is 38.0 Å². The molecule has 0 N–H and O–H groups in total. The van der Waals surface area contributed by atoms with E-state index in [1.165, 1.54) is 16.9 Å². The van der Waals surface area contributed by atoms with Gasteiger partial charge in [-0.05, 0) is 98.2 Å². The number of anilines is 1. The van der Waals surface area contributed by atoms with Crippen molar-refractivity contribution in [3.8, 4) is 11.5 Å². The summed E-state index contributed by atoms with van der Waals surface area (Å²) in [7, 11) is 2.84. The highest BCUT2D eigenvalue weighted by Crippen LogP contribution is 2.37. The number of amides is 1. The molecule has 0 radical (unpaired) electrons. The Morgan fingerprint density at radius 1 is 1.05 bits per heavy atom. The van der Waals surface area contributed by atoms with E-state index < -0.39 is 5.97 Å². The van der Waals surface area contributed by atoms with Crippen LogP contribution in [0.1, 0.15) is 11.1 Å². The van der Waals surface area contributed by atoms with Crippen LogP contribution in [0.2, 0.25) is 5.02 Å². The Bertz CT molecular complexity index is 1410. The monoisotopic (exact) mass is 678 g/mol. The van der Waals surface area contributed by atoms with Gasteiger partial charge in [-0.25, -0.2) is 0 Å². The first-order valence-electron chi connectivity index (χ1n) is 11.2. The molecule has 0 aromatic heterocycles. The zero-order valence-electron chi connectivity index (χ0n) is 20.2. The summed E-state index contributed by atoms with van der Waals surface area (Å²) in [4.78, 5) is 28.6. The zero-order valence-corrected chi connectivity index (χ0v) is 25.0. The highest BCUT2D eigenvalue weighted by atomic mass is 79.9. The van der Waals surface area contributed by atoms with E-state index in [0.29, 0.717) is 36.7 Å². The van der Waals surface area contributed by atoms with Gasteiger partial charge in [0.2, 0.25) is 0 Å². The molecule has 7 nitrogen and oxygen atoms in total. The molecule has 11 heteroatoms. The van der Waals surface area contributed by atoms with Crippen LogP contribution in [-0.2, 0) is 20.9 Å². The maximum Gasteiger partial charge on any atom is 0.325 e. The SMILES string of the molecule is COC(=O)CN1C(=S)N(c2ccc(OC)cc2)C(=O)/C1=C/c1cc(Br)c(OCc2ccccc2Cl)c(Br)c1. The van der Waals surface area contributed by atoms with Crippen molar-refractivity contribution in [2.75, 3.05) is 25.7 Å². The average molecular weight is 681 g/mol. The van der Waals surface area contributed by atoms with Crippen molar-refractivity contribution in [1.82, 2.24) is 4.90 Å². The molecule has 0 spiro atoms. The minimum absolute atomic E-state index is 0.162. The van der Waals surface area contributed by atoms with Gasteiger partial charge in [0.05, 0.1) is 28.9 Å². The number of ether oxygens (including phenoxy) is 3. The number of carbonyl (C=O) groups is 2. The first-order valence-corrected chi connectivity index (χ1v) is 13.5. The summed E-state index contributed by atoms with van der Waals surface area (Å²) in [5.41, 5.74) is 2.29. The van der Waals surface area contributed by atoms with Gasteiger partial charge in [0.1, 0.15) is 30.3 Å². The molecule has 1 saturated heterocycles. The molecular weight excluding hydrogens is 660 g/mol. The van der Waals surface area contributed by atoms with E-state index in [-0.39, 0.29) is 29.9 Å². The van der Waals surface area contributed by atoms with Gasteiger partial charge in [0.15, 0.2) is 5.11 Å². The zero-order chi connectivity index (χ0) is 27.4. The molecule has 1 aliphatic heterocycles. The van der Waals surface area contributed by atoms with Gasteiger partial charge in [-0.2, -0.15) is 0 Å². The third-order valence-electron chi connectivity index (χ3n) is 5.63. The second kappa shape index (κ2) is 12.3. The Hall–Kier alpha value is -2.92. The third-order valence-corrected chi connectivity index (χ3v) is 7.58. The summed E-state index contributed by atoms with van der Waals surface area (Å²) in [5.74, 6) is 0.301. The van der Waals surface area contributed by atoms with Crippen molar-refractivity contribution >= 4 is 84.4 Å². The molecule has 3 aromatic rings. The summed E-state index contributed by atoms with van der Waals surface area (Å²) in [5, 5.41) is 0.776. The fourth-order valence-electron chi connectivity index (χ4n) is 3.71. The van der Waals surface area contributed by atoms with Crippen LogP contribution in [0.5, 0.6) is 11.5 Å². The molecule has 1 fully saturated rings. The molecule has 1 heterocycles. The highest BCUT2D eigenvalue weighted by molar-refractivity contribution is 9.11. The van der Waals surface area contributed by atoms with Crippen LogP contribution in [0.15, 0.2) is 75.3 Å². The second-order valence-electron chi connectivity index (χ2n) is 8.01. The van der Waals surface area contributed by atoms with Crippen LogP contribution >= 0.6 is 55.7 Å². The molecule has 196 valence electrons. The lowest BCUT2D eigenvalue weighted by molar-refractivity contribution is -0.140. The molecule has 0 unspecified atom stereocenters. The van der Waals surface area contributed by atoms with Gasteiger partial charge >= 0.3 is 5.97 Å². The Kier molecular flexibility index (Phi) is 9.09. The Morgan fingerprint density at radius 3 is 2.32 bits per heavy atom. The van der Waals surface area contributed by atoms with Gasteiger partial charge in [-0.1, -0.05) is 29.8 Å². The summed E-state index contributed by atoms with van der Waals surface area (Å²) in [6.45, 7) is 0.0503. The van der Waals surface area contributed by atoms with Crippen LogP contribution in [0.25, 0.3) is 6.08 Å². The van der Waals surface area contributed by atoms with Crippen molar-refractivity contribution in [1.29, 1.82) is 0 Å². The summed E-state index contributed by atoms with van der Waals surface area (Å²) < 4.78 is 17.4. The summed E-state index contributed by atoms with van der Waals surface area (Å²) in [6, 6.07) is 18.0. The number of hydrogen-bond acceptors (Lipinski definition) is 6. The Labute approximate surface area is 247 Å². The largest absolute Gasteiger partial charge is 0.497 e. The van der Waals surface area contributed by atoms with Crippen LogP contribution in [0.3, 0.4) is 0 Å². The minimum Gasteiger partial charge on any atom is -0.497 e. The third kappa shape index (κ3) is 6.04. The number of rotatable bonds is 8. The molecule has 3 aromatic carbocycles. The lowest BCUT2D eigenvalue weighted by Gasteiger charge is -2.19. The maximum absolute atomic E-state index is 13.6. The Balaban J connectivity index is 1.66. The summed E-state index contributed by atoms with van der Waals surface area (Å²) in [6.07, 6.45) is 1.66. The Morgan fingerprint density at radius 2 is 1.71 bits per heavy atom. The van der Waals surface area contributed by atoms with Crippen molar-refractivity contribution in [3.05, 3.63) is 91.5 Å². The van der Waals surface area contributed by atoms with E-state index >= 15 is 0 Å². The molecule has 38 heavy (non-hydrogen) atoms. The number of thiocarbonyl (C=S) groups is 1. The van der Waals surface area contributed by atoms with E-state index in [1.54, 1.807) is 43.5 Å². The van der Waals surface area contributed by atoms with E-state index in [1.807, 2.05) is 30.3 Å². The molecule has 4 rings (SSSR count). The van der Waals surface area contributed by atoms with Crippen molar-refractivity contribution in [2.24, 2.45) is 0 Å². The average Bonchev–Trinajstić information content (AvgIpc) is 3.12. The number of halogens is 3. The smallest absolute Gasteiger partial charge is 0.325 e.